The van der Waals surface area contributed by atoms with Crippen LogP contribution >= 0.6 is 0 Å². The quantitative estimate of drug-likeness (QED) is 0.586. The largest absolute Gasteiger partial charge is 0.426 e. The van der Waals surface area contributed by atoms with E-state index in [1.165, 1.54) is 0 Å². The van der Waals surface area contributed by atoms with E-state index in [2.05, 4.69) is 0 Å². The Morgan fingerprint density at radius 2 is 2.00 bits per heavy atom. The van der Waals surface area contributed by atoms with Crippen LogP contribution in [0.5, 0.6) is 5.75 Å². The van der Waals surface area contributed by atoms with Crippen LogP contribution in [-0.2, 0) is 4.79 Å². The van der Waals surface area contributed by atoms with Gasteiger partial charge in [0, 0.05) is 6.04 Å². The maximum Gasteiger partial charge on any atom is 0.312 e. The summed E-state index contributed by atoms with van der Waals surface area (Å²) in [7, 11) is 0. The fourth-order valence-corrected chi connectivity index (χ4v) is 1.04. The first-order valence-corrected chi connectivity index (χ1v) is 4.61. The summed E-state index contributed by atoms with van der Waals surface area (Å²) in [5, 5.41) is 0. The molecular weight excluding hydrogens is 178 g/mol. The highest BCUT2D eigenvalue weighted by Gasteiger charge is 2.06. The number of esters is 1. The van der Waals surface area contributed by atoms with Crippen LogP contribution in [0.2, 0.25) is 0 Å². The highest BCUT2D eigenvalue weighted by atomic mass is 16.5. The molecule has 1 aromatic rings. The minimum atomic E-state index is -0.288. The van der Waals surface area contributed by atoms with Gasteiger partial charge in [-0.25, -0.2) is 0 Å². The molecule has 1 rings (SSSR count). The zero-order valence-electron chi connectivity index (χ0n) is 8.49. The van der Waals surface area contributed by atoms with Crippen LogP contribution in [0.4, 0.5) is 0 Å². The van der Waals surface area contributed by atoms with Crippen molar-refractivity contribution in [1.82, 2.24) is 0 Å². The predicted molar refractivity (Wildman–Crippen MR) is 55.1 cm³/mol. The molecule has 0 aliphatic rings. The first-order valence-electron chi connectivity index (χ1n) is 4.61. The standard InChI is InChI=1S/C11H15NO2/c1-8-3-5-10(6-4-8)14-11(13)7-9(2)12/h3-6,9H,7,12H2,1-2H3. The first kappa shape index (κ1) is 10.7. The van der Waals surface area contributed by atoms with E-state index in [0.717, 1.165) is 5.56 Å². The zero-order valence-corrected chi connectivity index (χ0v) is 8.49. The van der Waals surface area contributed by atoms with E-state index >= 15 is 0 Å². The van der Waals surface area contributed by atoms with Crippen LogP contribution in [0, 0.1) is 6.92 Å². The highest BCUT2D eigenvalue weighted by Crippen LogP contribution is 2.12. The molecule has 0 fully saturated rings. The van der Waals surface area contributed by atoms with Crippen LogP contribution in [0.15, 0.2) is 24.3 Å². The molecule has 3 nitrogen and oxygen atoms in total. The molecule has 1 atom stereocenters. The van der Waals surface area contributed by atoms with Gasteiger partial charge >= 0.3 is 5.97 Å². The molecular formula is C11H15NO2. The summed E-state index contributed by atoms with van der Waals surface area (Å²) in [4.78, 5) is 11.2. The second-order valence-electron chi connectivity index (χ2n) is 3.47. The SMILES string of the molecule is Cc1ccc(OC(=O)CC(C)N)cc1. The van der Waals surface area contributed by atoms with Crippen LogP contribution in [0.3, 0.4) is 0 Å². The van der Waals surface area contributed by atoms with E-state index in [4.69, 9.17) is 10.5 Å². The van der Waals surface area contributed by atoms with Crippen LogP contribution < -0.4 is 10.5 Å². The number of hydrogen-bond donors (Lipinski definition) is 1. The fourth-order valence-electron chi connectivity index (χ4n) is 1.04. The lowest BCUT2D eigenvalue weighted by Crippen LogP contribution is -2.22. The number of carbonyl (C=O) groups is 1. The normalized spacial score (nSPS) is 12.2. The van der Waals surface area contributed by atoms with Gasteiger partial charge < -0.3 is 10.5 Å². The summed E-state index contributed by atoms with van der Waals surface area (Å²) in [6, 6.07) is 7.18. The number of rotatable bonds is 3. The number of aryl methyl sites for hydroxylation is 1. The third-order valence-corrected chi connectivity index (χ3v) is 1.74. The van der Waals surface area contributed by atoms with Crippen molar-refractivity contribution >= 4 is 5.97 Å². The summed E-state index contributed by atoms with van der Waals surface area (Å²) >= 11 is 0. The highest BCUT2D eigenvalue weighted by molar-refractivity contribution is 5.72. The monoisotopic (exact) mass is 193 g/mol. The Kier molecular flexibility index (Phi) is 3.65. The topological polar surface area (TPSA) is 52.3 Å². The maximum absolute atomic E-state index is 11.2. The molecule has 0 saturated carbocycles. The molecule has 0 bridgehead atoms. The Balaban J connectivity index is 2.52. The van der Waals surface area contributed by atoms with Crippen molar-refractivity contribution in [3.8, 4) is 5.75 Å². The summed E-state index contributed by atoms with van der Waals surface area (Å²) in [6.45, 7) is 3.75. The molecule has 76 valence electrons. The van der Waals surface area contributed by atoms with Crippen LogP contribution in [0.25, 0.3) is 0 Å². The molecule has 0 aliphatic heterocycles. The fraction of sp³-hybridized carbons (Fsp3) is 0.364. The summed E-state index contributed by atoms with van der Waals surface area (Å²) in [5.41, 5.74) is 6.61. The number of ether oxygens (including phenoxy) is 1. The molecule has 3 heteroatoms. The van der Waals surface area contributed by atoms with Crippen molar-refractivity contribution in [3.05, 3.63) is 29.8 Å². The molecule has 1 unspecified atom stereocenters. The molecule has 14 heavy (non-hydrogen) atoms. The third-order valence-electron chi connectivity index (χ3n) is 1.74. The smallest absolute Gasteiger partial charge is 0.312 e. The van der Waals surface area contributed by atoms with Gasteiger partial charge in [0.25, 0.3) is 0 Å². The van der Waals surface area contributed by atoms with E-state index in [-0.39, 0.29) is 18.4 Å². The Morgan fingerprint density at radius 3 is 2.50 bits per heavy atom. The van der Waals surface area contributed by atoms with Gasteiger partial charge in [0.15, 0.2) is 0 Å². The summed E-state index contributed by atoms with van der Waals surface area (Å²) in [6.07, 6.45) is 0.244. The average molecular weight is 193 g/mol. The number of benzene rings is 1. The molecule has 0 heterocycles. The Bertz CT molecular complexity index is 304. The molecule has 0 spiro atoms. The van der Waals surface area contributed by atoms with Gasteiger partial charge in [0.05, 0.1) is 6.42 Å². The zero-order chi connectivity index (χ0) is 10.6. The lowest BCUT2D eigenvalue weighted by atomic mass is 10.2. The maximum atomic E-state index is 11.2. The van der Waals surface area contributed by atoms with Crippen molar-refractivity contribution < 1.29 is 9.53 Å². The molecule has 2 N–H and O–H groups in total. The van der Waals surface area contributed by atoms with E-state index in [1.807, 2.05) is 19.1 Å². The minimum Gasteiger partial charge on any atom is -0.426 e. The van der Waals surface area contributed by atoms with E-state index in [0.29, 0.717) is 5.75 Å². The Labute approximate surface area is 83.9 Å². The van der Waals surface area contributed by atoms with Gasteiger partial charge in [0.1, 0.15) is 5.75 Å². The van der Waals surface area contributed by atoms with E-state index in [1.54, 1.807) is 19.1 Å². The molecule has 0 aliphatic carbocycles. The Morgan fingerprint density at radius 1 is 1.43 bits per heavy atom. The predicted octanol–water partition coefficient (Wildman–Crippen LogP) is 1.64. The van der Waals surface area contributed by atoms with Gasteiger partial charge in [-0.05, 0) is 26.0 Å². The van der Waals surface area contributed by atoms with Gasteiger partial charge in [0.2, 0.25) is 0 Å². The molecule has 0 aromatic heterocycles. The lowest BCUT2D eigenvalue weighted by molar-refractivity contribution is -0.134. The summed E-state index contributed by atoms with van der Waals surface area (Å²) in [5.74, 6) is 0.283. The van der Waals surface area contributed by atoms with Crippen LogP contribution in [0.1, 0.15) is 18.9 Å². The number of nitrogens with two attached hydrogens (primary N) is 1. The minimum absolute atomic E-state index is 0.159. The molecule has 0 saturated heterocycles. The van der Waals surface area contributed by atoms with Crippen molar-refractivity contribution in [3.63, 3.8) is 0 Å². The number of hydrogen-bond acceptors (Lipinski definition) is 3. The molecule has 1 aromatic carbocycles. The van der Waals surface area contributed by atoms with Gasteiger partial charge in [-0.3, -0.25) is 4.79 Å². The van der Waals surface area contributed by atoms with Crippen molar-refractivity contribution in [2.24, 2.45) is 5.73 Å². The second-order valence-corrected chi connectivity index (χ2v) is 3.47. The second kappa shape index (κ2) is 4.77. The molecule has 0 radical (unpaired) electrons. The Hall–Kier alpha value is -1.35. The molecule has 0 amide bonds. The first-order chi connectivity index (χ1) is 6.58. The number of carbonyl (C=O) groups excluding carboxylic acids is 1. The van der Waals surface area contributed by atoms with Crippen molar-refractivity contribution in [2.75, 3.05) is 0 Å². The average Bonchev–Trinajstić information content (AvgIpc) is 2.07. The van der Waals surface area contributed by atoms with Gasteiger partial charge in [-0.2, -0.15) is 0 Å². The van der Waals surface area contributed by atoms with Gasteiger partial charge in [-0.1, -0.05) is 17.7 Å². The van der Waals surface area contributed by atoms with Crippen LogP contribution in [-0.4, -0.2) is 12.0 Å². The van der Waals surface area contributed by atoms with Crippen molar-refractivity contribution in [1.29, 1.82) is 0 Å². The van der Waals surface area contributed by atoms with Gasteiger partial charge in [-0.15, -0.1) is 0 Å². The lowest BCUT2D eigenvalue weighted by Gasteiger charge is -2.06. The summed E-state index contributed by atoms with van der Waals surface area (Å²) < 4.78 is 5.06. The van der Waals surface area contributed by atoms with E-state index in [9.17, 15) is 4.79 Å². The third kappa shape index (κ3) is 3.58. The van der Waals surface area contributed by atoms with E-state index < -0.39 is 0 Å². The van der Waals surface area contributed by atoms with Crippen molar-refractivity contribution in [2.45, 2.75) is 26.3 Å².